The minimum Gasteiger partial charge on any atom is -0.293 e. The zero-order valence-electron chi connectivity index (χ0n) is 13.2. The van der Waals surface area contributed by atoms with E-state index in [9.17, 15) is 9.59 Å². The summed E-state index contributed by atoms with van der Waals surface area (Å²) in [5.41, 5.74) is 0.680. The molecule has 0 aliphatic carbocycles. The maximum absolute atomic E-state index is 12.9. The summed E-state index contributed by atoms with van der Waals surface area (Å²) in [5.74, 6) is 1.74. The predicted molar refractivity (Wildman–Crippen MR) is 103 cm³/mol. The summed E-state index contributed by atoms with van der Waals surface area (Å²) in [7, 11) is 0. The molecule has 0 saturated carbocycles. The molecular weight excluding hydrogens is 344 g/mol. The number of rotatable bonds is 9. The van der Waals surface area contributed by atoms with Gasteiger partial charge in [0, 0.05) is 5.56 Å². The number of hydrogen-bond donors (Lipinski definition) is 0. The summed E-state index contributed by atoms with van der Waals surface area (Å²) < 4.78 is 0. The van der Waals surface area contributed by atoms with Crippen LogP contribution in [0.3, 0.4) is 0 Å². The van der Waals surface area contributed by atoms with Gasteiger partial charge in [-0.3, -0.25) is 9.59 Å². The van der Waals surface area contributed by atoms with Gasteiger partial charge < -0.3 is 0 Å². The van der Waals surface area contributed by atoms with E-state index < -0.39 is 0 Å². The standard InChI is InChI=1S/C18H20O2S3/c1-3-21-17(15(19)13-9-6-5-7-10-13)18(22-4-2)16(20)14-11-8-12-23-14/h5-12,17-18H,3-4H2,1-2H3/t17-,18+/m0/s1. The van der Waals surface area contributed by atoms with Crippen molar-refractivity contribution in [2.45, 2.75) is 24.3 Å². The average molecular weight is 365 g/mol. The van der Waals surface area contributed by atoms with Gasteiger partial charge >= 0.3 is 0 Å². The third kappa shape index (κ3) is 4.72. The van der Waals surface area contributed by atoms with Gasteiger partial charge in [-0.05, 0) is 23.0 Å². The second kappa shape index (κ2) is 9.30. The maximum atomic E-state index is 12.9. The van der Waals surface area contributed by atoms with Crippen molar-refractivity contribution in [3.8, 4) is 0 Å². The van der Waals surface area contributed by atoms with Crippen molar-refractivity contribution in [3.05, 3.63) is 58.3 Å². The number of Topliss-reactive ketones (excluding diaryl/α,β-unsaturated/α-hetero) is 2. The maximum Gasteiger partial charge on any atom is 0.187 e. The highest BCUT2D eigenvalue weighted by atomic mass is 32.2. The van der Waals surface area contributed by atoms with Crippen LogP contribution in [0.25, 0.3) is 0 Å². The Morgan fingerprint density at radius 1 is 0.913 bits per heavy atom. The fourth-order valence-corrected chi connectivity index (χ4v) is 5.42. The van der Waals surface area contributed by atoms with Crippen LogP contribution in [0.15, 0.2) is 47.8 Å². The fraction of sp³-hybridized carbons (Fsp3) is 0.333. The van der Waals surface area contributed by atoms with Crippen molar-refractivity contribution in [2.75, 3.05) is 11.5 Å². The van der Waals surface area contributed by atoms with E-state index in [1.165, 1.54) is 11.3 Å². The first-order valence-electron chi connectivity index (χ1n) is 7.59. The van der Waals surface area contributed by atoms with Crippen molar-refractivity contribution >= 4 is 46.4 Å². The zero-order valence-corrected chi connectivity index (χ0v) is 15.7. The lowest BCUT2D eigenvalue weighted by atomic mass is 10.0. The van der Waals surface area contributed by atoms with Crippen LogP contribution in [-0.4, -0.2) is 33.6 Å². The van der Waals surface area contributed by atoms with Crippen molar-refractivity contribution < 1.29 is 9.59 Å². The van der Waals surface area contributed by atoms with Crippen LogP contribution in [-0.2, 0) is 0 Å². The van der Waals surface area contributed by atoms with Crippen LogP contribution < -0.4 is 0 Å². The molecular formula is C18H20O2S3. The van der Waals surface area contributed by atoms with Gasteiger partial charge in [0.15, 0.2) is 11.6 Å². The van der Waals surface area contributed by atoms with E-state index in [-0.39, 0.29) is 22.1 Å². The molecule has 0 unspecified atom stereocenters. The second-order valence-electron chi connectivity index (χ2n) is 4.82. The molecule has 0 aliphatic heterocycles. The van der Waals surface area contributed by atoms with Gasteiger partial charge in [-0.1, -0.05) is 50.2 Å². The van der Waals surface area contributed by atoms with Gasteiger partial charge in [0.05, 0.1) is 15.4 Å². The third-order valence-corrected chi connectivity index (χ3v) is 6.72. The summed E-state index contributed by atoms with van der Waals surface area (Å²) in [6, 6.07) is 13.0. The largest absolute Gasteiger partial charge is 0.293 e. The van der Waals surface area contributed by atoms with Gasteiger partial charge in [-0.25, -0.2) is 0 Å². The fourth-order valence-electron chi connectivity index (χ4n) is 2.29. The molecule has 122 valence electrons. The van der Waals surface area contributed by atoms with Crippen molar-refractivity contribution in [1.82, 2.24) is 0 Å². The number of benzene rings is 1. The molecule has 23 heavy (non-hydrogen) atoms. The molecule has 0 radical (unpaired) electrons. The molecule has 1 aromatic heterocycles. The molecule has 0 bridgehead atoms. The summed E-state index contributed by atoms with van der Waals surface area (Å²) in [4.78, 5) is 26.5. The van der Waals surface area contributed by atoms with E-state index in [4.69, 9.17) is 0 Å². The average Bonchev–Trinajstić information content (AvgIpc) is 3.12. The van der Waals surface area contributed by atoms with Crippen molar-refractivity contribution in [1.29, 1.82) is 0 Å². The summed E-state index contributed by atoms with van der Waals surface area (Å²) in [6.45, 7) is 4.05. The highest BCUT2D eigenvalue weighted by Gasteiger charge is 2.35. The minimum absolute atomic E-state index is 0.0494. The van der Waals surface area contributed by atoms with Crippen LogP contribution >= 0.6 is 34.9 Å². The molecule has 0 fully saturated rings. The Morgan fingerprint density at radius 2 is 1.52 bits per heavy atom. The Kier molecular flexibility index (Phi) is 7.40. The first-order chi connectivity index (χ1) is 11.2. The van der Waals surface area contributed by atoms with E-state index in [1.54, 1.807) is 23.5 Å². The van der Waals surface area contributed by atoms with Crippen molar-refractivity contribution in [2.24, 2.45) is 0 Å². The summed E-state index contributed by atoms with van der Waals surface area (Å²) in [5, 5.41) is 1.22. The zero-order chi connectivity index (χ0) is 16.7. The van der Waals surface area contributed by atoms with Crippen LogP contribution in [0.5, 0.6) is 0 Å². The van der Waals surface area contributed by atoms with E-state index >= 15 is 0 Å². The predicted octanol–water partition coefficient (Wildman–Crippen LogP) is 5.06. The molecule has 0 saturated heterocycles. The summed E-state index contributed by atoms with van der Waals surface area (Å²) >= 11 is 4.58. The lowest BCUT2D eigenvalue weighted by molar-refractivity contribution is 0.0932. The second-order valence-corrected chi connectivity index (χ2v) is 8.61. The van der Waals surface area contributed by atoms with Gasteiger partial charge in [0.25, 0.3) is 0 Å². The Hall–Kier alpha value is -1.04. The number of thioether (sulfide) groups is 2. The van der Waals surface area contributed by atoms with E-state index in [0.29, 0.717) is 5.56 Å². The molecule has 1 heterocycles. The molecule has 2 atom stereocenters. The van der Waals surface area contributed by atoms with Gasteiger partial charge in [0.2, 0.25) is 0 Å². The van der Waals surface area contributed by atoms with Crippen molar-refractivity contribution in [3.63, 3.8) is 0 Å². The van der Waals surface area contributed by atoms with Gasteiger partial charge in [-0.15, -0.1) is 34.9 Å². The molecule has 2 aromatic rings. The SMILES string of the molecule is CCS[C@H](C(=O)c1cccs1)[C@@H](SCC)C(=O)c1ccccc1. The Balaban J connectivity index is 2.31. The monoisotopic (exact) mass is 364 g/mol. The molecule has 2 nitrogen and oxygen atoms in total. The molecule has 0 amide bonds. The number of carbonyl (C=O) groups excluding carboxylic acids is 2. The number of carbonyl (C=O) groups is 2. The molecule has 5 heteroatoms. The summed E-state index contributed by atoms with van der Waals surface area (Å²) in [6.07, 6.45) is 0. The van der Waals surface area contributed by atoms with Crippen LogP contribution in [0, 0.1) is 0 Å². The van der Waals surface area contributed by atoms with E-state index in [2.05, 4.69) is 0 Å². The first kappa shape index (κ1) is 18.3. The van der Waals surface area contributed by atoms with Crippen LogP contribution in [0.1, 0.15) is 33.9 Å². The van der Waals surface area contributed by atoms with E-state index in [0.717, 1.165) is 16.4 Å². The number of thiophene rings is 1. The Bertz CT molecular complexity index is 623. The highest BCUT2D eigenvalue weighted by Crippen LogP contribution is 2.31. The molecule has 1 aromatic carbocycles. The van der Waals surface area contributed by atoms with Crippen LogP contribution in [0.2, 0.25) is 0 Å². The smallest absolute Gasteiger partial charge is 0.187 e. The van der Waals surface area contributed by atoms with Gasteiger partial charge in [0.1, 0.15) is 0 Å². The molecule has 0 spiro atoms. The molecule has 2 rings (SSSR count). The highest BCUT2D eigenvalue weighted by molar-refractivity contribution is 8.04. The number of ketones is 2. The normalized spacial score (nSPS) is 13.5. The molecule has 0 aliphatic rings. The Morgan fingerprint density at radius 3 is 2.04 bits per heavy atom. The minimum atomic E-state index is -0.345. The number of hydrogen-bond acceptors (Lipinski definition) is 5. The topological polar surface area (TPSA) is 34.1 Å². The van der Waals surface area contributed by atoms with E-state index in [1.807, 2.05) is 61.7 Å². The quantitative estimate of drug-likeness (QED) is 0.583. The van der Waals surface area contributed by atoms with Gasteiger partial charge in [-0.2, -0.15) is 0 Å². The third-order valence-electron chi connectivity index (χ3n) is 3.31. The van der Waals surface area contributed by atoms with Crippen LogP contribution in [0.4, 0.5) is 0 Å². The molecule has 0 N–H and O–H groups in total. The first-order valence-corrected chi connectivity index (χ1v) is 10.6. The lowest BCUT2D eigenvalue weighted by Gasteiger charge is -2.23. The Labute approximate surface area is 150 Å². The lowest BCUT2D eigenvalue weighted by Crippen LogP contribution is -2.35.